The fourth-order valence-corrected chi connectivity index (χ4v) is 3.59. The fourth-order valence-electron chi connectivity index (χ4n) is 2.07. The van der Waals surface area contributed by atoms with Crippen LogP contribution in [0.5, 0.6) is 0 Å². The van der Waals surface area contributed by atoms with Crippen molar-refractivity contribution in [2.24, 2.45) is 0 Å². The summed E-state index contributed by atoms with van der Waals surface area (Å²) in [4.78, 5) is 17.4. The van der Waals surface area contributed by atoms with Gasteiger partial charge < -0.3 is 5.32 Å². The molecule has 3 aromatic rings. The van der Waals surface area contributed by atoms with Crippen LogP contribution in [0.4, 0.5) is 9.52 Å². The van der Waals surface area contributed by atoms with E-state index in [-0.39, 0.29) is 11.7 Å². The zero-order valence-corrected chi connectivity index (χ0v) is 13.4. The first kappa shape index (κ1) is 14.9. The molecule has 1 aromatic carbocycles. The molecular formula is C16H13FN2OS2. The highest BCUT2D eigenvalue weighted by molar-refractivity contribution is 7.16. The van der Waals surface area contributed by atoms with Crippen molar-refractivity contribution in [3.8, 4) is 11.3 Å². The van der Waals surface area contributed by atoms with Gasteiger partial charge in [-0.25, -0.2) is 9.37 Å². The van der Waals surface area contributed by atoms with Gasteiger partial charge >= 0.3 is 0 Å². The number of nitrogens with one attached hydrogen (secondary N) is 1. The van der Waals surface area contributed by atoms with Crippen molar-refractivity contribution >= 4 is 33.7 Å². The number of thiazole rings is 1. The van der Waals surface area contributed by atoms with Gasteiger partial charge in [0.2, 0.25) is 5.91 Å². The first-order chi connectivity index (χ1) is 10.6. The van der Waals surface area contributed by atoms with Crippen molar-refractivity contribution in [3.05, 3.63) is 57.3 Å². The molecule has 6 heteroatoms. The quantitative estimate of drug-likeness (QED) is 0.764. The number of anilines is 1. The Morgan fingerprint density at radius 2 is 2.05 bits per heavy atom. The molecule has 0 radical (unpaired) electrons. The van der Waals surface area contributed by atoms with E-state index >= 15 is 0 Å². The molecule has 1 N–H and O–H groups in total. The van der Waals surface area contributed by atoms with E-state index in [1.54, 1.807) is 23.5 Å². The smallest absolute Gasteiger partial charge is 0.230 e. The Hall–Kier alpha value is -2.05. The van der Waals surface area contributed by atoms with E-state index < -0.39 is 0 Å². The second kappa shape index (κ2) is 6.37. The van der Waals surface area contributed by atoms with Crippen molar-refractivity contribution < 1.29 is 9.18 Å². The molecule has 0 fully saturated rings. The zero-order valence-electron chi connectivity index (χ0n) is 11.8. The molecule has 0 atom stereocenters. The number of hydrogen-bond acceptors (Lipinski definition) is 4. The van der Waals surface area contributed by atoms with Crippen LogP contribution in [-0.4, -0.2) is 10.9 Å². The molecule has 1 amide bonds. The van der Waals surface area contributed by atoms with Gasteiger partial charge in [0.25, 0.3) is 0 Å². The van der Waals surface area contributed by atoms with E-state index in [1.165, 1.54) is 23.5 Å². The standard InChI is InChI=1S/C16H13FN2OS2/c1-10-15(12-2-4-13(17)5-3-12)19-16(22-10)18-14(20)8-11-6-7-21-9-11/h2-7,9H,8H2,1H3,(H,18,19,20). The summed E-state index contributed by atoms with van der Waals surface area (Å²) in [6.45, 7) is 1.94. The molecule has 0 saturated heterocycles. The Balaban J connectivity index is 1.74. The molecule has 0 spiro atoms. The molecule has 3 nitrogen and oxygen atoms in total. The minimum Gasteiger partial charge on any atom is -0.302 e. The van der Waals surface area contributed by atoms with E-state index in [9.17, 15) is 9.18 Å². The van der Waals surface area contributed by atoms with Crippen LogP contribution in [0.3, 0.4) is 0 Å². The maximum Gasteiger partial charge on any atom is 0.230 e. The largest absolute Gasteiger partial charge is 0.302 e. The van der Waals surface area contributed by atoms with Crippen LogP contribution in [0, 0.1) is 12.7 Å². The summed E-state index contributed by atoms with van der Waals surface area (Å²) in [6.07, 6.45) is 0.341. The molecule has 0 aliphatic rings. The van der Waals surface area contributed by atoms with Crippen LogP contribution >= 0.6 is 22.7 Å². The number of carbonyl (C=O) groups is 1. The van der Waals surface area contributed by atoms with E-state index in [1.807, 2.05) is 23.8 Å². The van der Waals surface area contributed by atoms with Gasteiger partial charge in [0, 0.05) is 10.4 Å². The number of hydrogen-bond donors (Lipinski definition) is 1. The predicted octanol–water partition coefficient (Wildman–Crippen LogP) is 4.50. The Kier molecular flexibility index (Phi) is 4.31. The second-order valence-electron chi connectivity index (χ2n) is 4.79. The number of carbonyl (C=O) groups excluding carboxylic acids is 1. The molecular weight excluding hydrogens is 319 g/mol. The van der Waals surface area contributed by atoms with Crippen LogP contribution < -0.4 is 5.32 Å². The van der Waals surface area contributed by atoms with E-state index in [4.69, 9.17) is 0 Å². The molecule has 0 bridgehead atoms. The highest BCUT2D eigenvalue weighted by atomic mass is 32.1. The van der Waals surface area contributed by atoms with E-state index in [2.05, 4.69) is 10.3 Å². The fraction of sp³-hybridized carbons (Fsp3) is 0.125. The Bertz CT molecular complexity index is 779. The average Bonchev–Trinajstić information content (AvgIpc) is 3.10. The zero-order chi connectivity index (χ0) is 15.5. The summed E-state index contributed by atoms with van der Waals surface area (Å²) in [5.74, 6) is -0.362. The van der Waals surface area contributed by atoms with Gasteiger partial charge in [-0.2, -0.15) is 11.3 Å². The lowest BCUT2D eigenvalue weighted by Crippen LogP contribution is -2.13. The molecule has 0 unspecified atom stereocenters. The first-order valence-corrected chi connectivity index (χ1v) is 8.42. The summed E-state index contributed by atoms with van der Waals surface area (Å²) in [5.41, 5.74) is 2.61. The van der Waals surface area contributed by atoms with Gasteiger partial charge in [-0.1, -0.05) is 0 Å². The number of thiophene rings is 1. The van der Waals surface area contributed by atoms with Crippen molar-refractivity contribution in [2.75, 3.05) is 5.32 Å². The van der Waals surface area contributed by atoms with Crippen LogP contribution in [-0.2, 0) is 11.2 Å². The molecule has 22 heavy (non-hydrogen) atoms. The SMILES string of the molecule is Cc1sc(NC(=O)Cc2ccsc2)nc1-c1ccc(F)cc1. The Morgan fingerprint density at radius 1 is 1.27 bits per heavy atom. The lowest BCUT2D eigenvalue weighted by molar-refractivity contribution is -0.115. The number of benzene rings is 1. The monoisotopic (exact) mass is 332 g/mol. The van der Waals surface area contributed by atoms with Crippen LogP contribution in [0.1, 0.15) is 10.4 Å². The highest BCUT2D eigenvalue weighted by Gasteiger charge is 2.12. The summed E-state index contributed by atoms with van der Waals surface area (Å²) in [7, 11) is 0. The van der Waals surface area contributed by atoms with Crippen LogP contribution in [0.15, 0.2) is 41.1 Å². The minimum atomic E-state index is -0.277. The molecule has 112 valence electrons. The number of nitrogens with zero attached hydrogens (tertiary/aromatic N) is 1. The van der Waals surface area contributed by atoms with Crippen molar-refractivity contribution in [2.45, 2.75) is 13.3 Å². The number of amides is 1. The van der Waals surface area contributed by atoms with Crippen LogP contribution in [0.2, 0.25) is 0 Å². The summed E-state index contributed by atoms with van der Waals surface area (Å²) >= 11 is 2.99. The number of aryl methyl sites for hydroxylation is 1. The molecule has 0 saturated carbocycles. The topological polar surface area (TPSA) is 42.0 Å². The third-order valence-electron chi connectivity index (χ3n) is 3.11. The number of halogens is 1. The van der Waals surface area contributed by atoms with Gasteiger partial charge in [0.1, 0.15) is 5.82 Å². The van der Waals surface area contributed by atoms with Gasteiger partial charge in [0.05, 0.1) is 12.1 Å². The van der Waals surface area contributed by atoms with Crippen molar-refractivity contribution in [1.29, 1.82) is 0 Å². The highest BCUT2D eigenvalue weighted by Crippen LogP contribution is 2.30. The van der Waals surface area contributed by atoms with Crippen molar-refractivity contribution in [1.82, 2.24) is 4.98 Å². The Labute approximate surface area is 135 Å². The normalized spacial score (nSPS) is 10.6. The molecule has 0 aliphatic carbocycles. The second-order valence-corrected chi connectivity index (χ2v) is 6.77. The van der Waals surface area contributed by atoms with Gasteiger partial charge in [-0.05, 0) is 53.6 Å². The summed E-state index contributed by atoms with van der Waals surface area (Å²) < 4.78 is 13.0. The average molecular weight is 332 g/mol. The van der Waals surface area contributed by atoms with E-state index in [0.29, 0.717) is 11.6 Å². The Morgan fingerprint density at radius 3 is 2.73 bits per heavy atom. The van der Waals surface area contributed by atoms with Gasteiger partial charge in [0.15, 0.2) is 5.13 Å². The van der Waals surface area contributed by atoms with Gasteiger partial charge in [-0.15, -0.1) is 11.3 Å². The summed E-state index contributed by atoms with van der Waals surface area (Å²) in [6, 6.07) is 8.12. The molecule has 2 aromatic heterocycles. The van der Waals surface area contributed by atoms with Crippen molar-refractivity contribution in [3.63, 3.8) is 0 Å². The number of rotatable bonds is 4. The lowest BCUT2D eigenvalue weighted by atomic mass is 10.1. The predicted molar refractivity (Wildman–Crippen MR) is 88.9 cm³/mol. The maximum atomic E-state index is 13.0. The molecule has 3 rings (SSSR count). The third kappa shape index (κ3) is 3.40. The van der Waals surface area contributed by atoms with Gasteiger partial charge in [-0.3, -0.25) is 4.79 Å². The lowest BCUT2D eigenvalue weighted by Gasteiger charge is -2.00. The van der Waals surface area contributed by atoms with E-state index in [0.717, 1.165) is 21.7 Å². The first-order valence-electron chi connectivity index (χ1n) is 6.66. The molecule has 2 heterocycles. The third-order valence-corrected chi connectivity index (χ3v) is 4.72. The van der Waals surface area contributed by atoms with Crippen LogP contribution in [0.25, 0.3) is 11.3 Å². The maximum absolute atomic E-state index is 13.0. The number of aromatic nitrogens is 1. The minimum absolute atomic E-state index is 0.0854. The molecule has 0 aliphatic heterocycles. The summed E-state index contributed by atoms with van der Waals surface area (Å²) in [5, 5.41) is 7.29.